The van der Waals surface area contributed by atoms with E-state index in [1.807, 2.05) is 12.1 Å². The number of nitriles is 1. The minimum absolute atomic E-state index is 0.00416. The molecule has 1 aromatic carbocycles. The summed E-state index contributed by atoms with van der Waals surface area (Å²) in [5.74, 6) is -0.586. The summed E-state index contributed by atoms with van der Waals surface area (Å²) in [7, 11) is 0. The normalized spacial score (nSPS) is 30.2. The van der Waals surface area contributed by atoms with Crippen LogP contribution in [-0.2, 0) is 51.0 Å². The van der Waals surface area contributed by atoms with Gasteiger partial charge in [-0.1, -0.05) is 18.2 Å². The van der Waals surface area contributed by atoms with Gasteiger partial charge in [0.05, 0.1) is 64.0 Å². The Labute approximate surface area is 316 Å². The fourth-order valence-corrected chi connectivity index (χ4v) is 10.0. The first kappa shape index (κ1) is 37.0. The van der Waals surface area contributed by atoms with E-state index in [-0.39, 0.29) is 79.9 Å². The molecule has 0 bridgehead atoms. The van der Waals surface area contributed by atoms with Crippen molar-refractivity contribution in [2.24, 2.45) is 11.8 Å². The molecule has 2 saturated heterocycles. The lowest BCUT2D eigenvalue weighted by atomic mass is 9.70. The molecule has 1 aliphatic carbocycles. The topological polar surface area (TPSA) is 236 Å². The third kappa shape index (κ3) is 7.52. The van der Waals surface area contributed by atoms with Crippen LogP contribution in [0.15, 0.2) is 60.4 Å². The fourth-order valence-electron chi connectivity index (χ4n) is 6.74. The van der Waals surface area contributed by atoms with E-state index >= 15 is 0 Å². The molecular weight excluding hydrogens is 782 g/mol. The zero-order chi connectivity index (χ0) is 37.5. The van der Waals surface area contributed by atoms with Crippen molar-refractivity contribution in [1.82, 2.24) is 39.0 Å². The smallest absolute Gasteiger partial charge is 0.327 e. The molecule has 5 aromatic rings. The molecule has 3 aliphatic rings. The van der Waals surface area contributed by atoms with E-state index in [0.29, 0.717) is 28.8 Å². The number of carbonyl (C=O) groups is 1. The van der Waals surface area contributed by atoms with Gasteiger partial charge in [0.25, 0.3) is 11.5 Å². The Balaban J connectivity index is 1.04. The summed E-state index contributed by atoms with van der Waals surface area (Å²) in [6.07, 6.45) is 4.14. The molecular formula is C31H32N10O9P2S2. The van der Waals surface area contributed by atoms with Gasteiger partial charge in [0.15, 0.2) is 28.1 Å². The second-order valence-electron chi connectivity index (χ2n) is 12.7. The predicted octanol–water partition coefficient (Wildman–Crippen LogP) is 3.50. The molecule has 23 heteroatoms. The fraction of sp³-hybridized carbons (Fsp3) is 0.419. The van der Waals surface area contributed by atoms with Gasteiger partial charge in [-0.2, -0.15) is 5.26 Å². The zero-order valence-electron chi connectivity index (χ0n) is 28.1. The number of nitrogens with one attached hydrogen (secondary N) is 2. The van der Waals surface area contributed by atoms with Crippen molar-refractivity contribution in [3.63, 3.8) is 0 Å². The first-order chi connectivity index (χ1) is 26.1. The van der Waals surface area contributed by atoms with Crippen molar-refractivity contribution in [2.45, 2.75) is 43.7 Å². The monoisotopic (exact) mass is 814 g/mol. The van der Waals surface area contributed by atoms with E-state index in [9.17, 15) is 19.7 Å². The molecule has 1 saturated carbocycles. The number of hydrogen-bond donors (Lipinski definition) is 3. The highest BCUT2D eigenvalue weighted by Gasteiger charge is 2.47. The van der Waals surface area contributed by atoms with E-state index in [0.717, 1.165) is 0 Å². The van der Waals surface area contributed by atoms with Crippen LogP contribution in [0.5, 0.6) is 0 Å². The Hall–Kier alpha value is -3.90. The first-order valence-corrected chi connectivity index (χ1v) is 21.9. The van der Waals surface area contributed by atoms with Gasteiger partial charge in [0.1, 0.15) is 18.7 Å². The van der Waals surface area contributed by atoms with Crippen LogP contribution >= 0.6 is 13.4 Å². The summed E-state index contributed by atoms with van der Waals surface area (Å²) >= 11 is 11.3. The van der Waals surface area contributed by atoms with Gasteiger partial charge >= 0.3 is 13.4 Å². The number of fused-ring (bicyclic) bond motifs is 4. The minimum Gasteiger partial charge on any atom is -0.349 e. The average molecular weight is 815 g/mol. The maximum atomic E-state index is 12.9. The second kappa shape index (κ2) is 15.3. The van der Waals surface area contributed by atoms with Gasteiger partial charge < -0.3 is 47.1 Å². The van der Waals surface area contributed by atoms with Crippen LogP contribution in [0.4, 0.5) is 5.82 Å². The Bertz CT molecular complexity index is 2390. The quantitative estimate of drug-likeness (QED) is 0.157. The molecule has 3 N–H and O–H groups in total. The van der Waals surface area contributed by atoms with E-state index in [1.54, 1.807) is 39.7 Å². The molecule has 282 valence electrons. The Morgan fingerprint density at radius 2 is 1.78 bits per heavy atom. The number of anilines is 1. The first-order valence-electron chi connectivity index (χ1n) is 16.8. The summed E-state index contributed by atoms with van der Waals surface area (Å²) in [6, 6.07) is 10.5. The maximum absolute atomic E-state index is 12.9. The highest BCUT2D eigenvalue weighted by Crippen LogP contribution is 2.57. The van der Waals surface area contributed by atoms with Gasteiger partial charge in [0.2, 0.25) is 0 Å². The number of H-pyrrole nitrogens is 1. The SMILES string of the molecule is N#CCCOP1(=S)OC[C@H]2C[C@@H](n3cnc4c(=O)[nH]cnc43)[C@@H]2COP(O)(=S)OC[C@H]2O[C@@H](n3cnc4c(NC(=O)c5ccccc5)ncnc43)C[C@@H]2O1. The van der Waals surface area contributed by atoms with Crippen LogP contribution < -0.4 is 10.9 Å². The largest absolute Gasteiger partial charge is 0.349 e. The summed E-state index contributed by atoms with van der Waals surface area (Å²) in [5.41, 5.74) is 1.39. The molecule has 0 radical (unpaired) electrons. The summed E-state index contributed by atoms with van der Waals surface area (Å²) in [4.78, 5) is 60.6. The lowest BCUT2D eigenvalue weighted by Gasteiger charge is -2.45. The molecule has 8 rings (SSSR count). The summed E-state index contributed by atoms with van der Waals surface area (Å²) in [5, 5.41) is 12.0. The van der Waals surface area contributed by atoms with Crippen LogP contribution in [0.25, 0.3) is 22.3 Å². The number of benzene rings is 1. The van der Waals surface area contributed by atoms with E-state index in [2.05, 4.69) is 35.2 Å². The van der Waals surface area contributed by atoms with Gasteiger partial charge in [0, 0.05) is 23.9 Å². The molecule has 0 spiro atoms. The minimum atomic E-state index is -3.81. The molecule has 54 heavy (non-hydrogen) atoms. The van der Waals surface area contributed by atoms with E-state index in [4.69, 9.17) is 51.0 Å². The van der Waals surface area contributed by atoms with Crippen molar-refractivity contribution in [1.29, 1.82) is 5.26 Å². The third-order valence-electron chi connectivity index (χ3n) is 9.49. The molecule has 8 atom stereocenters. The van der Waals surface area contributed by atoms with Crippen molar-refractivity contribution in [3.8, 4) is 6.07 Å². The van der Waals surface area contributed by atoms with Gasteiger partial charge in [-0.3, -0.25) is 14.2 Å². The third-order valence-corrected chi connectivity index (χ3v) is 13.5. The Kier molecular flexibility index (Phi) is 10.5. The Morgan fingerprint density at radius 1 is 1.00 bits per heavy atom. The van der Waals surface area contributed by atoms with E-state index in [1.165, 1.54) is 19.0 Å². The molecule has 4 aromatic heterocycles. The van der Waals surface area contributed by atoms with E-state index < -0.39 is 31.9 Å². The molecule has 19 nitrogen and oxygen atoms in total. The van der Waals surface area contributed by atoms with Crippen LogP contribution in [0, 0.1) is 23.2 Å². The molecule has 3 fully saturated rings. The molecule has 2 unspecified atom stereocenters. The molecule has 1 amide bonds. The van der Waals surface area contributed by atoms with Gasteiger partial charge in [-0.05, 0) is 48.1 Å². The number of carbonyl (C=O) groups excluding carboxylic acids is 1. The van der Waals surface area contributed by atoms with Crippen molar-refractivity contribution < 1.29 is 37.0 Å². The maximum Gasteiger partial charge on any atom is 0.327 e. The lowest BCUT2D eigenvalue weighted by molar-refractivity contribution is -0.0397. The number of imidazole rings is 2. The number of nitrogens with zero attached hydrogens (tertiary/aromatic N) is 8. The Morgan fingerprint density at radius 3 is 2.61 bits per heavy atom. The van der Waals surface area contributed by atoms with Crippen molar-refractivity contribution in [2.75, 3.05) is 31.7 Å². The number of ether oxygens (including phenoxy) is 1. The highest BCUT2D eigenvalue weighted by molar-refractivity contribution is 8.07. The van der Waals surface area contributed by atoms with Crippen LogP contribution in [0.3, 0.4) is 0 Å². The molecule has 6 heterocycles. The number of aromatic amines is 1. The number of aromatic nitrogens is 8. The average Bonchev–Trinajstić information content (AvgIpc) is 3.88. The number of rotatable bonds is 7. The summed E-state index contributed by atoms with van der Waals surface area (Å²) in [6.45, 7) is -7.49. The number of hydrogen-bond acceptors (Lipinski definition) is 16. The van der Waals surface area contributed by atoms with Crippen molar-refractivity contribution in [3.05, 3.63) is 71.6 Å². The summed E-state index contributed by atoms with van der Waals surface area (Å²) < 4.78 is 40.4. The van der Waals surface area contributed by atoms with Gasteiger partial charge in [-0.15, -0.1) is 0 Å². The lowest BCUT2D eigenvalue weighted by Crippen LogP contribution is -2.43. The standard InChI is InChI=1S/C31H32N10O9P2S2/c32-7-4-8-45-52(54)48-11-19-9-21(40-16-38-26-29(40)35-15-36-31(26)43)20(19)12-46-51(44,53)47-13-23-22(50-52)10-24(49-23)41-17-37-25-27(33-14-34-28(25)41)39-30(42)18-5-2-1-3-6-18/h1-3,5-6,14-17,19-24H,4,8-13H2,(H,44,53)(H,35,36,43)(H,33,34,39,42)/t19-,20-,21-,22+,23-,24-,51?,52?/m1/s1. The molecule has 2 aliphatic heterocycles. The zero-order valence-corrected chi connectivity index (χ0v) is 31.5. The predicted molar refractivity (Wildman–Crippen MR) is 197 cm³/mol. The van der Waals surface area contributed by atoms with Crippen LogP contribution in [-0.4, -0.2) is 88.5 Å². The van der Waals surface area contributed by atoms with Crippen LogP contribution in [0.2, 0.25) is 0 Å². The second-order valence-corrected chi connectivity index (χ2v) is 18.5. The highest BCUT2D eigenvalue weighted by atomic mass is 32.5. The van der Waals surface area contributed by atoms with Crippen LogP contribution in [0.1, 0.15) is 41.9 Å². The van der Waals surface area contributed by atoms with Crippen molar-refractivity contribution >= 4 is 71.1 Å². The number of amides is 1. The van der Waals surface area contributed by atoms with Gasteiger partial charge in [-0.25, -0.2) is 24.9 Å².